The third kappa shape index (κ3) is 5.21. The summed E-state index contributed by atoms with van der Waals surface area (Å²) in [5.41, 5.74) is 3.51. The number of nitrogens with two attached hydrogens (primary N) is 2. The average molecular weight is 442 g/mol. The van der Waals surface area contributed by atoms with Crippen molar-refractivity contribution in [3.63, 3.8) is 0 Å². The van der Waals surface area contributed by atoms with Crippen molar-refractivity contribution in [2.45, 2.75) is 33.3 Å². The first kappa shape index (κ1) is 23.2. The number of rotatable bonds is 5. The number of halogens is 1. The predicted octanol–water partition coefficient (Wildman–Crippen LogP) is 3.25. The van der Waals surface area contributed by atoms with Gasteiger partial charge in [0, 0.05) is 37.1 Å². The van der Waals surface area contributed by atoms with E-state index in [-0.39, 0.29) is 12.4 Å². The lowest BCUT2D eigenvalue weighted by molar-refractivity contribution is 0.216. The molecule has 2 aromatic rings. The molecule has 0 saturated heterocycles. The zero-order valence-corrected chi connectivity index (χ0v) is 18.3. The lowest BCUT2D eigenvalue weighted by Gasteiger charge is -2.24. The van der Waals surface area contributed by atoms with Crippen LogP contribution in [0.25, 0.3) is 0 Å². The van der Waals surface area contributed by atoms with Gasteiger partial charge in [0.15, 0.2) is 0 Å². The zero-order valence-electron chi connectivity index (χ0n) is 18.3. The summed E-state index contributed by atoms with van der Waals surface area (Å²) in [4.78, 5) is 12.2. The molecule has 0 bridgehead atoms. The second-order valence-corrected chi connectivity index (χ2v) is 7.26. The van der Waals surface area contributed by atoms with E-state index in [1.807, 2.05) is 19.9 Å². The van der Waals surface area contributed by atoms with Crippen LogP contribution in [0, 0.1) is 12.7 Å². The number of ether oxygens (including phenoxy) is 2. The third-order valence-electron chi connectivity index (χ3n) is 4.97. The Hall–Kier alpha value is -3.50. The smallest absolute Gasteiger partial charge is 0.352 e. The summed E-state index contributed by atoms with van der Waals surface area (Å²) in [6, 6.07) is 9.17. The summed E-state index contributed by atoms with van der Waals surface area (Å²) >= 11 is 0. The number of nitrogens with zero attached hydrogens (tertiary/aromatic N) is 4. The molecular weight excluding hydrogens is 415 g/mol. The zero-order chi connectivity index (χ0) is 23.3. The molecule has 10 heteroatoms. The van der Waals surface area contributed by atoms with Gasteiger partial charge in [0.05, 0.1) is 18.0 Å². The minimum absolute atomic E-state index is 0.139. The van der Waals surface area contributed by atoms with Gasteiger partial charge in [-0.2, -0.15) is 5.10 Å². The molecule has 0 aliphatic carbocycles. The molecule has 1 aliphatic heterocycles. The van der Waals surface area contributed by atoms with E-state index in [9.17, 15) is 9.18 Å². The summed E-state index contributed by atoms with van der Waals surface area (Å²) in [6.45, 7) is 4.33. The van der Waals surface area contributed by atoms with Gasteiger partial charge in [-0.05, 0) is 30.7 Å². The number of hydrazine groups is 2. The van der Waals surface area contributed by atoms with Crippen LogP contribution in [0.4, 0.5) is 14.9 Å². The van der Waals surface area contributed by atoms with Gasteiger partial charge >= 0.3 is 6.03 Å². The van der Waals surface area contributed by atoms with Crippen molar-refractivity contribution < 1.29 is 18.7 Å². The van der Waals surface area contributed by atoms with Crippen LogP contribution in [0.1, 0.15) is 36.5 Å². The monoisotopic (exact) mass is 442 g/mol. The lowest BCUT2D eigenvalue weighted by atomic mass is 10.0. The highest BCUT2D eigenvalue weighted by molar-refractivity contribution is 6.04. The number of aryl methyl sites for hydroxylation is 1. The van der Waals surface area contributed by atoms with Crippen LogP contribution in [0.15, 0.2) is 46.6 Å². The summed E-state index contributed by atoms with van der Waals surface area (Å²) in [5.74, 6) is 12.0. The fraction of sp³-hybridized carbons (Fsp3) is 0.318. The number of urea groups is 1. The van der Waals surface area contributed by atoms with Gasteiger partial charge in [0.2, 0.25) is 5.90 Å². The van der Waals surface area contributed by atoms with Crippen molar-refractivity contribution in [3.8, 4) is 5.75 Å². The fourth-order valence-corrected chi connectivity index (χ4v) is 3.20. The minimum atomic E-state index is -0.567. The maximum Gasteiger partial charge on any atom is 0.352 e. The van der Waals surface area contributed by atoms with E-state index in [1.54, 1.807) is 18.2 Å². The van der Waals surface area contributed by atoms with Gasteiger partial charge in [0.1, 0.15) is 18.2 Å². The normalized spacial score (nSPS) is 14.6. The van der Waals surface area contributed by atoms with E-state index in [1.165, 1.54) is 19.2 Å². The number of fused-ring (bicyclic) bond motifs is 1. The molecular formula is C22H27FN6O3. The standard InChI is InChI=1S/C22H27FN6O3/c1-4-21(27-26-18-10-11-31-20-12-15(23)8-9-16(18)20)32-13-17-14(2)6-5-7-19(17)29(25)22(30)28(3)24/h5-9,12H,4,10-11,13,24-25H2,1-3H3/b26-18?,27-21-. The molecule has 4 N–H and O–H groups in total. The maximum absolute atomic E-state index is 13.5. The Balaban J connectivity index is 1.81. The number of amides is 2. The molecule has 0 saturated carbocycles. The molecule has 9 nitrogen and oxygen atoms in total. The van der Waals surface area contributed by atoms with Gasteiger partial charge in [-0.15, -0.1) is 5.10 Å². The molecule has 0 spiro atoms. The summed E-state index contributed by atoms with van der Waals surface area (Å²) in [5, 5.41) is 10.5. The van der Waals surface area contributed by atoms with E-state index in [2.05, 4.69) is 10.2 Å². The molecule has 0 unspecified atom stereocenters. The van der Waals surface area contributed by atoms with Crippen LogP contribution in [-0.2, 0) is 11.3 Å². The Kier molecular flexibility index (Phi) is 7.39. The van der Waals surface area contributed by atoms with Gasteiger partial charge in [-0.25, -0.2) is 25.9 Å². The number of carbonyl (C=O) groups is 1. The lowest BCUT2D eigenvalue weighted by Crippen LogP contribution is -2.49. The van der Waals surface area contributed by atoms with E-state index < -0.39 is 6.03 Å². The van der Waals surface area contributed by atoms with Crippen LogP contribution < -0.4 is 21.4 Å². The van der Waals surface area contributed by atoms with E-state index in [0.717, 1.165) is 21.1 Å². The Morgan fingerprint density at radius 1 is 1.28 bits per heavy atom. The van der Waals surface area contributed by atoms with Gasteiger partial charge < -0.3 is 9.47 Å². The molecule has 32 heavy (non-hydrogen) atoms. The average Bonchev–Trinajstić information content (AvgIpc) is 2.78. The summed E-state index contributed by atoms with van der Waals surface area (Å²) < 4.78 is 24.9. The largest absolute Gasteiger partial charge is 0.492 e. The molecule has 0 fully saturated rings. The van der Waals surface area contributed by atoms with Crippen molar-refractivity contribution in [2.75, 3.05) is 18.7 Å². The SMILES string of the molecule is CC/C(=N/N=C1CCOc2cc(F)ccc21)OCc1c(C)cccc1N(N)C(=O)N(C)N. The predicted molar refractivity (Wildman–Crippen MR) is 121 cm³/mol. The molecule has 2 aromatic carbocycles. The van der Waals surface area contributed by atoms with Gasteiger partial charge in [-0.1, -0.05) is 19.1 Å². The molecule has 0 aromatic heterocycles. The highest BCUT2D eigenvalue weighted by Crippen LogP contribution is 2.26. The molecule has 2 amide bonds. The Labute approximate surface area is 186 Å². The van der Waals surface area contributed by atoms with Crippen molar-refractivity contribution in [3.05, 3.63) is 58.9 Å². The third-order valence-corrected chi connectivity index (χ3v) is 4.97. The first-order chi connectivity index (χ1) is 15.3. The number of hydrogen-bond donors (Lipinski definition) is 2. The molecule has 1 heterocycles. The van der Waals surface area contributed by atoms with Crippen molar-refractivity contribution >= 4 is 23.3 Å². The number of anilines is 1. The van der Waals surface area contributed by atoms with E-state index in [0.29, 0.717) is 48.1 Å². The number of hydrogen-bond acceptors (Lipinski definition) is 7. The molecule has 0 atom stereocenters. The Morgan fingerprint density at radius 3 is 2.78 bits per heavy atom. The maximum atomic E-state index is 13.5. The highest BCUT2D eigenvalue weighted by atomic mass is 19.1. The first-order valence-electron chi connectivity index (χ1n) is 10.2. The van der Waals surface area contributed by atoms with E-state index in [4.69, 9.17) is 21.2 Å². The molecule has 170 valence electrons. The van der Waals surface area contributed by atoms with Crippen LogP contribution in [0.5, 0.6) is 5.75 Å². The fourth-order valence-electron chi connectivity index (χ4n) is 3.20. The van der Waals surface area contributed by atoms with Gasteiger partial charge in [0.25, 0.3) is 0 Å². The highest BCUT2D eigenvalue weighted by Gasteiger charge is 2.20. The van der Waals surface area contributed by atoms with Crippen LogP contribution in [-0.4, -0.2) is 36.3 Å². The van der Waals surface area contributed by atoms with Crippen molar-refractivity contribution in [1.82, 2.24) is 5.01 Å². The van der Waals surface area contributed by atoms with Crippen molar-refractivity contribution in [1.29, 1.82) is 0 Å². The second kappa shape index (κ2) is 10.2. The van der Waals surface area contributed by atoms with Crippen LogP contribution >= 0.6 is 0 Å². The topological polar surface area (TPSA) is 119 Å². The van der Waals surface area contributed by atoms with Crippen LogP contribution in [0.3, 0.4) is 0 Å². The van der Waals surface area contributed by atoms with E-state index >= 15 is 0 Å². The Bertz CT molecular complexity index is 1050. The van der Waals surface area contributed by atoms with Crippen LogP contribution in [0.2, 0.25) is 0 Å². The quantitative estimate of drug-likeness (QED) is 0.242. The van der Waals surface area contributed by atoms with Crippen molar-refractivity contribution in [2.24, 2.45) is 21.9 Å². The second-order valence-electron chi connectivity index (χ2n) is 7.26. The first-order valence-corrected chi connectivity index (χ1v) is 10.2. The van der Waals surface area contributed by atoms with Gasteiger partial charge in [-0.3, -0.25) is 5.01 Å². The molecule has 0 radical (unpaired) electrons. The summed E-state index contributed by atoms with van der Waals surface area (Å²) in [7, 11) is 1.41. The number of benzene rings is 2. The summed E-state index contributed by atoms with van der Waals surface area (Å²) in [6.07, 6.45) is 1.06. The molecule has 3 rings (SSSR count). The number of carbonyl (C=O) groups excluding carboxylic acids is 1. The minimum Gasteiger partial charge on any atom is -0.492 e. The molecule has 1 aliphatic rings. The Morgan fingerprint density at radius 2 is 2.06 bits per heavy atom.